The average Bonchev–Trinajstić information content (AvgIpc) is 2.32. The van der Waals surface area contributed by atoms with Gasteiger partial charge >= 0.3 is 0 Å². The van der Waals surface area contributed by atoms with Gasteiger partial charge in [0.05, 0.1) is 11.5 Å². The fraction of sp³-hybridized carbons (Fsp3) is 1.00. The van der Waals surface area contributed by atoms with E-state index in [1.165, 1.54) is 25.7 Å². The first kappa shape index (κ1) is 16.0. The Balaban J connectivity index is 2.19. The van der Waals surface area contributed by atoms with E-state index in [1.54, 1.807) is 0 Å². The van der Waals surface area contributed by atoms with Crippen molar-refractivity contribution in [1.82, 2.24) is 5.32 Å². The molecule has 0 saturated heterocycles. The van der Waals surface area contributed by atoms with Gasteiger partial charge in [-0.15, -0.1) is 0 Å². The van der Waals surface area contributed by atoms with Crippen LogP contribution in [0.2, 0.25) is 0 Å². The summed E-state index contributed by atoms with van der Waals surface area (Å²) in [5.41, 5.74) is 0. The fourth-order valence-corrected chi connectivity index (χ4v) is 3.97. The molecular formula is C14H29NO2S. The zero-order chi connectivity index (χ0) is 13.4. The van der Waals surface area contributed by atoms with Crippen LogP contribution in [0.25, 0.3) is 0 Å². The average molecular weight is 275 g/mol. The lowest BCUT2D eigenvalue weighted by Crippen LogP contribution is -2.39. The van der Waals surface area contributed by atoms with Crippen LogP contribution < -0.4 is 5.32 Å². The third-order valence-corrected chi connectivity index (χ3v) is 5.73. The summed E-state index contributed by atoms with van der Waals surface area (Å²) in [6.45, 7) is 4.99. The summed E-state index contributed by atoms with van der Waals surface area (Å²) >= 11 is 0. The van der Waals surface area contributed by atoms with Gasteiger partial charge in [0.25, 0.3) is 0 Å². The highest BCUT2D eigenvalue weighted by molar-refractivity contribution is 7.91. The zero-order valence-corrected chi connectivity index (χ0v) is 12.8. The van der Waals surface area contributed by atoms with E-state index in [-0.39, 0.29) is 0 Å². The van der Waals surface area contributed by atoms with Gasteiger partial charge in [-0.05, 0) is 25.2 Å². The van der Waals surface area contributed by atoms with Crippen molar-refractivity contribution >= 4 is 9.84 Å². The second-order valence-corrected chi connectivity index (χ2v) is 7.98. The molecule has 108 valence electrons. The largest absolute Gasteiger partial charge is 0.313 e. The molecule has 2 atom stereocenters. The van der Waals surface area contributed by atoms with E-state index in [0.717, 1.165) is 19.3 Å². The maximum Gasteiger partial charge on any atom is 0.151 e. The van der Waals surface area contributed by atoms with Crippen LogP contribution in [0.3, 0.4) is 0 Å². The topological polar surface area (TPSA) is 46.2 Å². The number of hydrogen-bond donors (Lipinski definition) is 1. The molecule has 1 saturated carbocycles. The van der Waals surface area contributed by atoms with Crippen molar-refractivity contribution in [3.8, 4) is 0 Å². The summed E-state index contributed by atoms with van der Waals surface area (Å²) in [6.07, 6.45) is 8.01. The van der Waals surface area contributed by atoms with E-state index < -0.39 is 9.84 Å². The van der Waals surface area contributed by atoms with Gasteiger partial charge in [0.2, 0.25) is 0 Å². The molecule has 0 aromatic carbocycles. The molecule has 1 aliphatic rings. The van der Waals surface area contributed by atoms with Gasteiger partial charge in [0.15, 0.2) is 9.84 Å². The molecule has 0 aromatic heterocycles. The Kier molecular flexibility index (Phi) is 7.23. The van der Waals surface area contributed by atoms with Crippen LogP contribution in [0, 0.1) is 5.92 Å². The molecule has 0 spiro atoms. The third kappa shape index (κ3) is 6.19. The molecule has 1 aliphatic carbocycles. The normalized spacial score (nSPS) is 25.2. The third-order valence-electron chi connectivity index (χ3n) is 3.99. The van der Waals surface area contributed by atoms with Crippen molar-refractivity contribution in [2.24, 2.45) is 5.92 Å². The van der Waals surface area contributed by atoms with Crippen LogP contribution in [-0.2, 0) is 9.84 Å². The van der Waals surface area contributed by atoms with Crippen LogP contribution in [0.15, 0.2) is 0 Å². The quantitative estimate of drug-likeness (QED) is 0.693. The molecule has 1 rings (SSSR count). The lowest BCUT2D eigenvalue weighted by Gasteiger charge is -2.29. The molecule has 2 unspecified atom stereocenters. The van der Waals surface area contributed by atoms with E-state index in [2.05, 4.69) is 19.2 Å². The van der Waals surface area contributed by atoms with Crippen molar-refractivity contribution in [3.63, 3.8) is 0 Å². The Hall–Kier alpha value is -0.0900. The van der Waals surface area contributed by atoms with Gasteiger partial charge in [-0.2, -0.15) is 0 Å². The highest BCUT2D eigenvalue weighted by Gasteiger charge is 2.21. The van der Waals surface area contributed by atoms with Crippen LogP contribution in [0.4, 0.5) is 0 Å². The molecule has 18 heavy (non-hydrogen) atoms. The highest BCUT2D eigenvalue weighted by atomic mass is 32.2. The van der Waals surface area contributed by atoms with Crippen molar-refractivity contribution in [1.29, 1.82) is 0 Å². The number of unbranched alkanes of at least 4 members (excludes halogenated alkanes) is 2. The minimum Gasteiger partial charge on any atom is -0.313 e. The lowest BCUT2D eigenvalue weighted by atomic mass is 9.86. The Morgan fingerprint density at radius 2 is 1.83 bits per heavy atom. The molecule has 0 radical (unpaired) electrons. The summed E-state index contributed by atoms with van der Waals surface area (Å²) in [5, 5.41) is 3.44. The van der Waals surface area contributed by atoms with Crippen LogP contribution >= 0.6 is 0 Å². The van der Waals surface area contributed by atoms with Crippen molar-refractivity contribution in [3.05, 3.63) is 0 Å². The van der Waals surface area contributed by atoms with Gasteiger partial charge in [0, 0.05) is 12.6 Å². The number of nitrogens with one attached hydrogen (secondary N) is 1. The molecule has 0 amide bonds. The highest BCUT2D eigenvalue weighted by Crippen LogP contribution is 2.23. The number of hydrogen-bond acceptors (Lipinski definition) is 3. The van der Waals surface area contributed by atoms with Gasteiger partial charge in [0.1, 0.15) is 0 Å². The van der Waals surface area contributed by atoms with E-state index in [4.69, 9.17) is 0 Å². The maximum absolute atomic E-state index is 11.8. The Labute approximate surface area is 113 Å². The van der Waals surface area contributed by atoms with E-state index >= 15 is 0 Å². The lowest BCUT2D eigenvalue weighted by molar-refractivity contribution is 0.285. The summed E-state index contributed by atoms with van der Waals surface area (Å²) in [5.74, 6) is 1.37. The van der Waals surface area contributed by atoms with E-state index in [9.17, 15) is 8.42 Å². The molecule has 1 N–H and O–H groups in total. The summed E-state index contributed by atoms with van der Waals surface area (Å²) in [4.78, 5) is 0. The Morgan fingerprint density at radius 1 is 1.11 bits per heavy atom. The molecule has 0 aliphatic heterocycles. The summed E-state index contributed by atoms with van der Waals surface area (Å²) in [7, 11) is -2.83. The van der Waals surface area contributed by atoms with Gasteiger partial charge in [-0.1, -0.05) is 39.5 Å². The fourth-order valence-electron chi connectivity index (χ4n) is 2.69. The summed E-state index contributed by atoms with van der Waals surface area (Å²) in [6, 6.07) is 0.532. The first-order valence-electron chi connectivity index (χ1n) is 7.49. The van der Waals surface area contributed by atoms with Gasteiger partial charge in [-0.3, -0.25) is 0 Å². The molecule has 0 bridgehead atoms. The van der Waals surface area contributed by atoms with E-state index in [1.807, 2.05) is 0 Å². The smallest absolute Gasteiger partial charge is 0.151 e. The van der Waals surface area contributed by atoms with Gasteiger partial charge < -0.3 is 5.32 Å². The first-order valence-corrected chi connectivity index (χ1v) is 9.31. The minimum absolute atomic E-state index is 0.305. The Bertz CT molecular complexity index is 314. The Morgan fingerprint density at radius 3 is 2.50 bits per heavy atom. The first-order chi connectivity index (χ1) is 8.55. The molecule has 3 nitrogen and oxygen atoms in total. The predicted molar refractivity (Wildman–Crippen MR) is 77.6 cm³/mol. The zero-order valence-electron chi connectivity index (χ0n) is 12.0. The molecule has 0 heterocycles. The monoisotopic (exact) mass is 275 g/mol. The molecular weight excluding hydrogens is 246 g/mol. The van der Waals surface area contributed by atoms with Crippen LogP contribution in [0.5, 0.6) is 0 Å². The second kappa shape index (κ2) is 8.16. The molecule has 4 heteroatoms. The van der Waals surface area contributed by atoms with Crippen molar-refractivity contribution in [2.45, 2.75) is 64.8 Å². The second-order valence-electron chi connectivity index (χ2n) is 5.68. The van der Waals surface area contributed by atoms with Crippen molar-refractivity contribution < 1.29 is 8.42 Å². The molecule has 0 aromatic rings. The van der Waals surface area contributed by atoms with E-state index in [0.29, 0.717) is 30.0 Å². The van der Waals surface area contributed by atoms with Crippen LogP contribution in [0.1, 0.15) is 58.8 Å². The SMILES string of the molecule is CCCCCS(=O)(=O)CCNC1CCCCC1C. The number of rotatable bonds is 8. The van der Waals surface area contributed by atoms with Crippen molar-refractivity contribution in [2.75, 3.05) is 18.1 Å². The standard InChI is InChI=1S/C14H29NO2S/c1-3-4-7-11-18(16,17)12-10-15-14-9-6-5-8-13(14)2/h13-15H,3-12H2,1-2H3. The van der Waals surface area contributed by atoms with Crippen LogP contribution in [-0.4, -0.2) is 32.5 Å². The predicted octanol–water partition coefficient (Wildman–Crippen LogP) is 2.76. The van der Waals surface area contributed by atoms with Gasteiger partial charge in [-0.25, -0.2) is 8.42 Å². The maximum atomic E-state index is 11.8. The number of sulfone groups is 1. The summed E-state index contributed by atoms with van der Waals surface area (Å²) < 4.78 is 23.6. The molecule has 1 fully saturated rings. The minimum atomic E-state index is -2.83.